The number of ketones is 3. The van der Waals surface area contributed by atoms with Crippen LogP contribution in [0.25, 0.3) is 0 Å². The Morgan fingerprint density at radius 2 is 0.574 bits per heavy atom. The lowest BCUT2D eigenvalue weighted by Crippen LogP contribution is -2.50. The number of nitrogens with two attached hydrogens (primary N) is 3. The molecule has 8 aliphatic rings. The summed E-state index contributed by atoms with van der Waals surface area (Å²) >= 11 is 0. The highest BCUT2D eigenvalue weighted by molar-refractivity contribution is 5.95. The monoisotopic (exact) mass is 1860 g/mol. The third-order valence-electron chi connectivity index (χ3n) is 25.9. The van der Waals surface area contributed by atoms with E-state index in [1.807, 2.05) is 194 Å². The van der Waals surface area contributed by atoms with Gasteiger partial charge in [-0.1, -0.05) is 147 Å². The largest absolute Gasteiger partial charge is 0.455 e. The van der Waals surface area contributed by atoms with Crippen molar-refractivity contribution < 1.29 is 62.7 Å². The number of anilines is 4. The Labute approximate surface area is 803 Å². The van der Waals surface area contributed by atoms with Crippen LogP contribution in [-0.4, -0.2) is 292 Å². The van der Waals surface area contributed by atoms with Crippen molar-refractivity contribution in [3.8, 4) is 46.0 Å². The van der Waals surface area contributed by atoms with Crippen LogP contribution in [0.5, 0.6) is 46.0 Å². The first-order chi connectivity index (χ1) is 66.3. The molecule has 0 aromatic heterocycles. The van der Waals surface area contributed by atoms with E-state index in [-0.39, 0.29) is 66.5 Å². The van der Waals surface area contributed by atoms with Crippen LogP contribution in [0.1, 0.15) is 116 Å². The fourth-order valence-corrected chi connectivity index (χ4v) is 18.6. The van der Waals surface area contributed by atoms with Crippen LogP contribution in [0.3, 0.4) is 0 Å². The molecular formula is C108H141N15O13. The van der Waals surface area contributed by atoms with Gasteiger partial charge in [0.05, 0.1) is 61.1 Å². The topological polar surface area (TPSA) is 314 Å². The molecule has 8 aromatic rings. The number of likely N-dealkylation sites (tertiary alicyclic amines) is 4. The zero-order chi connectivity index (χ0) is 95.0. The first-order valence-electron chi connectivity index (χ1n) is 49.2. The van der Waals surface area contributed by atoms with Crippen LogP contribution in [0.4, 0.5) is 22.7 Å². The molecule has 8 aromatic carbocycles. The van der Waals surface area contributed by atoms with Gasteiger partial charge in [0.25, 0.3) is 0 Å². The number of nitrogens with zero attached hydrogens (tertiary/aromatic N) is 12. The van der Waals surface area contributed by atoms with E-state index in [0.717, 1.165) is 257 Å². The fourth-order valence-electron chi connectivity index (χ4n) is 18.6. The van der Waals surface area contributed by atoms with Gasteiger partial charge in [-0.15, -0.1) is 0 Å². The minimum Gasteiger partial charge on any atom is -0.455 e. The molecule has 8 saturated heterocycles. The Morgan fingerprint density at radius 1 is 0.294 bits per heavy atom. The number of hydrogen-bond donors (Lipinski definition) is 5. The highest BCUT2D eigenvalue weighted by Crippen LogP contribution is 2.38. The number of carbonyl (C=O) groups is 7. The molecule has 8 aliphatic heterocycles. The summed E-state index contributed by atoms with van der Waals surface area (Å²) in [4.78, 5) is 111. The number of aliphatic hydroxyl groups is 2. The number of benzene rings is 8. The van der Waals surface area contributed by atoms with Gasteiger partial charge in [0.15, 0.2) is 40.3 Å². The average molecular weight is 1860 g/mol. The van der Waals surface area contributed by atoms with Crippen molar-refractivity contribution in [3.05, 3.63) is 242 Å². The highest BCUT2D eigenvalue weighted by Gasteiger charge is 2.31. The van der Waals surface area contributed by atoms with E-state index in [1.54, 1.807) is 19.6 Å². The van der Waals surface area contributed by atoms with E-state index in [1.165, 1.54) is 12.2 Å². The van der Waals surface area contributed by atoms with Gasteiger partial charge >= 0.3 is 0 Å². The SMILES string of the molecule is N/C(=C\C(=O)CN1CCCCCC1=O)CN1CCN(c2ccccc2Oc2ccccc2)CC1.N/C(=C\C(=O)CN1CCN(c2ccccc2Oc2ccccc2)CC1)CN1CCCCCC1=O.NC(CC(=O)CN1CCCCCC1=O)CN1CCN(c2ccccc2Oc2ccccc2)CC1.O=C1CCCCCN1CC(O)CC(O)CN1CCN(c2ccccc2Oc2ccccc2)CC1. The van der Waals surface area contributed by atoms with Crippen molar-refractivity contribution in [1.29, 1.82) is 0 Å². The molecule has 3 unspecified atom stereocenters. The van der Waals surface area contributed by atoms with Crippen LogP contribution in [0, 0.1) is 0 Å². The van der Waals surface area contributed by atoms with Crippen molar-refractivity contribution in [2.45, 2.75) is 134 Å². The zero-order valence-corrected chi connectivity index (χ0v) is 79.2. The molecule has 4 amide bonds. The molecule has 8 fully saturated rings. The molecule has 16 rings (SSSR count). The van der Waals surface area contributed by atoms with Crippen molar-refractivity contribution in [2.24, 2.45) is 17.2 Å². The predicted molar refractivity (Wildman–Crippen MR) is 535 cm³/mol. The third-order valence-corrected chi connectivity index (χ3v) is 25.9. The number of amides is 4. The van der Waals surface area contributed by atoms with Gasteiger partial charge < -0.3 is 85.6 Å². The zero-order valence-electron chi connectivity index (χ0n) is 79.2. The van der Waals surface area contributed by atoms with Gasteiger partial charge in [0, 0.05) is 225 Å². The Morgan fingerprint density at radius 3 is 0.941 bits per heavy atom. The second kappa shape index (κ2) is 54.0. The Bertz CT molecular complexity index is 5110. The van der Waals surface area contributed by atoms with Crippen LogP contribution < -0.4 is 55.7 Å². The van der Waals surface area contributed by atoms with E-state index in [2.05, 4.69) is 63.5 Å². The number of hydrogen-bond acceptors (Lipinski definition) is 24. The maximum Gasteiger partial charge on any atom is 0.222 e. The van der Waals surface area contributed by atoms with Crippen LogP contribution >= 0.6 is 0 Å². The summed E-state index contributed by atoms with van der Waals surface area (Å²) in [5.74, 6) is 7.03. The summed E-state index contributed by atoms with van der Waals surface area (Å²) in [5.41, 5.74) is 23.9. The van der Waals surface area contributed by atoms with E-state index in [0.29, 0.717) is 102 Å². The number of aliphatic hydroxyl groups excluding tert-OH is 2. The number of β-amino-alcohol motifs (C(OH)–C–C–N with tert-alkyl or cyclic N) is 2. The van der Waals surface area contributed by atoms with E-state index in [9.17, 15) is 43.8 Å². The Hall–Kier alpha value is -12.2. The molecule has 8 N–H and O–H groups in total. The van der Waals surface area contributed by atoms with E-state index < -0.39 is 12.2 Å². The van der Waals surface area contributed by atoms with Gasteiger partial charge in [-0.3, -0.25) is 53.2 Å². The average Bonchev–Trinajstić information content (AvgIpc) is 0.849. The number of para-hydroxylation sites is 12. The summed E-state index contributed by atoms with van der Waals surface area (Å²) in [6, 6.07) is 71.4. The van der Waals surface area contributed by atoms with Crippen molar-refractivity contribution >= 4 is 63.7 Å². The molecule has 0 spiro atoms. The van der Waals surface area contributed by atoms with E-state index in [4.69, 9.17) is 36.1 Å². The molecule has 136 heavy (non-hydrogen) atoms. The number of piperazine rings is 4. The minimum absolute atomic E-state index is 0.0129. The number of carbonyl (C=O) groups excluding carboxylic acids is 7. The minimum atomic E-state index is -0.694. The second-order valence-corrected chi connectivity index (χ2v) is 36.6. The third kappa shape index (κ3) is 33.1. The Balaban J connectivity index is 0.000000153. The quantitative estimate of drug-likeness (QED) is 0.0234. The van der Waals surface area contributed by atoms with Gasteiger partial charge in [-0.05, 0) is 148 Å². The molecule has 0 aliphatic carbocycles. The van der Waals surface area contributed by atoms with Crippen molar-refractivity contribution in [3.63, 3.8) is 0 Å². The lowest BCUT2D eigenvalue weighted by molar-refractivity contribution is -0.135. The standard InChI is InChI=1S/C27H34N4O3.C27H36N4O3.C27H34N4O3.C27H37N3O4/c28-22(20-31-14-8-2-5-13-27(31)33)19-23(32)21-29-15-17-30(18-16-29)25-11-6-7-12-26(25)34-24-9-3-1-4-10-24;2*28-22(19-23(32)21-31-14-8-2-5-13-27(31)33)20-29-15-17-30(18-16-29)25-11-6-7-12-26(25)34-24-9-3-1-4-10-24;31-22(19-23(32)21-30-14-8-2-5-13-27(30)33)20-28-15-17-29(18-16-28)25-11-6-7-12-26(25)34-24-9-3-1-4-10-24/h1,3-4,6-7,9-12,19H,2,5,8,13-18,20-21,28H2;1,3-4,6-7,9-12,22H,2,5,8,13-21,28H2;1,3-4,6-7,9-12,19H,2,5,8,13-18,20-21,28H2;1,3-4,6-7,9-12,22-23,31-32H,2,5,8,13-21H2/b22-19-;;22-19-;. The smallest absolute Gasteiger partial charge is 0.222 e. The maximum atomic E-state index is 12.6. The van der Waals surface area contributed by atoms with Gasteiger partial charge in [0.1, 0.15) is 23.0 Å². The van der Waals surface area contributed by atoms with Crippen LogP contribution in [-0.2, 0) is 33.6 Å². The summed E-state index contributed by atoms with van der Waals surface area (Å²) in [6.07, 6.45) is 16.4. The molecule has 3 atom stereocenters. The molecule has 28 nitrogen and oxygen atoms in total. The molecule has 0 bridgehead atoms. The Kier molecular flexibility index (Phi) is 40.2. The van der Waals surface area contributed by atoms with Crippen molar-refractivity contribution in [2.75, 3.05) is 203 Å². The first kappa shape index (κ1) is 101. The first-order valence-corrected chi connectivity index (χ1v) is 49.2. The summed E-state index contributed by atoms with van der Waals surface area (Å²) in [7, 11) is 0. The number of rotatable bonds is 34. The predicted octanol–water partition coefficient (Wildman–Crippen LogP) is 13.2. The second-order valence-electron chi connectivity index (χ2n) is 36.6. The molecule has 0 radical (unpaired) electrons. The molecule has 8 heterocycles. The normalized spacial score (nSPS) is 18.5. The van der Waals surface area contributed by atoms with Crippen LogP contribution in [0.15, 0.2) is 242 Å². The van der Waals surface area contributed by atoms with Crippen LogP contribution in [0.2, 0.25) is 0 Å². The van der Waals surface area contributed by atoms with Gasteiger partial charge in [0.2, 0.25) is 23.6 Å². The number of ether oxygens (including phenoxy) is 4. The molecule has 28 heteroatoms. The summed E-state index contributed by atoms with van der Waals surface area (Å²) in [6.45, 7) is 19.3. The van der Waals surface area contributed by atoms with Gasteiger partial charge in [-0.25, -0.2) is 0 Å². The summed E-state index contributed by atoms with van der Waals surface area (Å²) < 4.78 is 24.5. The molecular weight excluding hydrogens is 1720 g/mol. The summed E-state index contributed by atoms with van der Waals surface area (Å²) in [5, 5.41) is 21.0. The number of Topliss-reactive ketones (excluding diaryl/α,β-unsaturated/α-hetero) is 1. The van der Waals surface area contributed by atoms with Crippen molar-refractivity contribution in [1.82, 2.24) is 39.2 Å². The molecule has 726 valence electrons. The maximum absolute atomic E-state index is 12.6. The lowest BCUT2D eigenvalue weighted by atomic mass is 10.1. The highest BCUT2D eigenvalue weighted by atomic mass is 16.5. The molecule has 0 saturated carbocycles. The fraction of sp³-hybridized carbons (Fsp3) is 0.454. The van der Waals surface area contributed by atoms with Gasteiger partial charge in [-0.2, -0.15) is 0 Å². The van der Waals surface area contributed by atoms with E-state index >= 15 is 0 Å². The lowest BCUT2D eigenvalue weighted by Gasteiger charge is -2.37.